The summed E-state index contributed by atoms with van der Waals surface area (Å²) in [4.78, 5) is 29.7. The van der Waals surface area contributed by atoms with Crippen molar-refractivity contribution < 1.29 is 14.3 Å². The highest BCUT2D eigenvalue weighted by Gasteiger charge is 2.18. The van der Waals surface area contributed by atoms with Crippen molar-refractivity contribution in [3.8, 4) is 5.75 Å². The van der Waals surface area contributed by atoms with E-state index in [2.05, 4.69) is 44.7 Å². The van der Waals surface area contributed by atoms with Crippen LogP contribution in [0, 0.1) is 0 Å². The van der Waals surface area contributed by atoms with Gasteiger partial charge in [0, 0.05) is 50.2 Å². The molecule has 3 aromatic carbocycles. The molecule has 1 saturated heterocycles. The lowest BCUT2D eigenvalue weighted by atomic mass is 10.2. The van der Waals surface area contributed by atoms with Crippen molar-refractivity contribution in [2.45, 2.75) is 19.5 Å². The minimum absolute atomic E-state index is 0.270. The van der Waals surface area contributed by atoms with Crippen molar-refractivity contribution in [2.75, 3.05) is 43.5 Å². The van der Waals surface area contributed by atoms with Gasteiger partial charge in [-0.1, -0.05) is 42.5 Å². The van der Waals surface area contributed by atoms with E-state index in [1.807, 2.05) is 54.6 Å². The zero-order chi connectivity index (χ0) is 26.0. The maximum absolute atomic E-state index is 12.6. The largest absolute Gasteiger partial charge is 0.497 e. The van der Waals surface area contributed by atoms with Crippen LogP contribution in [0.25, 0.3) is 6.08 Å². The van der Waals surface area contributed by atoms with Crippen LogP contribution in [0.15, 0.2) is 84.9 Å². The van der Waals surface area contributed by atoms with E-state index in [4.69, 9.17) is 4.74 Å². The monoisotopic (exact) mass is 498 g/mol. The maximum atomic E-state index is 12.6. The smallest absolute Gasteiger partial charge is 0.246 e. The van der Waals surface area contributed by atoms with Crippen molar-refractivity contribution >= 4 is 29.3 Å². The molecule has 1 aliphatic heterocycles. The fourth-order valence-corrected chi connectivity index (χ4v) is 4.23. The molecule has 0 saturated carbocycles. The summed E-state index contributed by atoms with van der Waals surface area (Å²) in [5.41, 5.74) is 4.05. The zero-order valence-electron chi connectivity index (χ0n) is 21.4. The molecule has 4 rings (SSSR count). The van der Waals surface area contributed by atoms with Gasteiger partial charge in [0.1, 0.15) is 11.8 Å². The lowest BCUT2D eigenvalue weighted by molar-refractivity contribution is -0.123. The molecular weight excluding hydrogens is 464 g/mol. The SMILES string of the molecule is COc1ccc(/C=C/C(=O)NC(C)C(=O)Nc2ccc(N3CCN(Cc4ccccc4)CC3)cc2)cc1. The Morgan fingerprint density at radius 3 is 2.24 bits per heavy atom. The van der Waals surface area contributed by atoms with E-state index in [0.29, 0.717) is 5.69 Å². The minimum Gasteiger partial charge on any atom is -0.497 e. The Bertz CT molecular complexity index is 1190. The number of nitrogens with zero attached hydrogens (tertiary/aromatic N) is 2. The number of hydrogen-bond acceptors (Lipinski definition) is 5. The molecular formula is C30H34N4O3. The summed E-state index contributed by atoms with van der Waals surface area (Å²) < 4.78 is 5.13. The molecule has 0 aliphatic carbocycles. The van der Waals surface area contributed by atoms with Gasteiger partial charge in [-0.15, -0.1) is 0 Å². The van der Waals surface area contributed by atoms with Crippen LogP contribution in [0.1, 0.15) is 18.1 Å². The molecule has 1 aliphatic rings. The molecule has 0 aromatic heterocycles. The van der Waals surface area contributed by atoms with Gasteiger partial charge in [0.25, 0.3) is 0 Å². The quantitative estimate of drug-likeness (QED) is 0.433. The molecule has 2 N–H and O–H groups in total. The van der Waals surface area contributed by atoms with E-state index in [1.54, 1.807) is 20.1 Å². The molecule has 192 valence electrons. The number of ether oxygens (including phenoxy) is 1. The van der Waals surface area contributed by atoms with Gasteiger partial charge in [0.15, 0.2) is 0 Å². The van der Waals surface area contributed by atoms with Crippen LogP contribution in [-0.2, 0) is 16.1 Å². The second-order valence-corrected chi connectivity index (χ2v) is 9.12. The van der Waals surface area contributed by atoms with Crippen molar-refractivity contribution in [1.29, 1.82) is 0 Å². The van der Waals surface area contributed by atoms with Crippen LogP contribution in [0.4, 0.5) is 11.4 Å². The Labute approximate surface area is 218 Å². The predicted octanol–water partition coefficient (Wildman–Crippen LogP) is 4.17. The molecule has 7 heteroatoms. The first-order valence-corrected chi connectivity index (χ1v) is 12.5. The van der Waals surface area contributed by atoms with E-state index in [9.17, 15) is 9.59 Å². The van der Waals surface area contributed by atoms with Crippen LogP contribution in [-0.4, -0.2) is 56.0 Å². The number of benzene rings is 3. The van der Waals surface area contributed by atoms with Gasteiger partial charge in [-0.25, -0.2) is 0 Å². The fourth-order valence-electron chi connectivity index (χ4n) is 4.23. The first-order valence-electron chi connectivity index (χ1n) is 12.5. The standard InChI is InChI=1S/C30H34N4O3/c1-23(31-29(35)17-10-24-8-15-28(37-2)16-9-24)30(36)32-26-11-13-27(14-12-26)34-20-18-33(19-21-34)22-25-6-4-3-5-7-25/h3-17,23H,18-22H2,1-2H3,(H,31,35)(H,32,36)/b17-10+. The second-order valence-electron chi connectivity index (χ2n) is 9.12. The van der Waals surface area contributed by atoms with Crippen molar-refractivity contribution in [3.05, 3.63) is 96.1 Å². The summed E-state index contributed by atoms with van der Waals surface area (Å²) >= 11 is 0. The lowest BCUT2D eigenvalue weighted by Crippen LogP contribution is -2.45. The molecule has 0 spiro atoms. The Morgan fingerprint density at radius 1 is 0.919 bits per heavy atom. The summed E-state index contributed by atoms with van der Waals surface area (Å²) in [5, 5.41) is 5.58. The van der Waals surface area contributed by atoms with Gasteiger partial charge in [0.05, 0.1) is 7.11 Å². The van der Waals surface area contributed by atoms with Gasteiger partial charge in [-0.3, -0.25) is 14.5 Å². The minimum atomic E-state index is -0.676. The average Bonchev–Trinajstić information content (AvgIpc) is 2.93. The third kappa shape index (κ3) is 7.69. The first kappa shape index (κ1) is 26.0. The number of nitrogens with one attached hydrogen (secondary N) is 2. The predicted molar refractivity (Wildman–Crippen MR) is 149 cm³/mol. The molecule has 1 unspecified atom stereocenters. The summed E-state index contributed by atoms with van der Waals surface area (Å²) in [6.07, 6.45) is 3.11. The summed E-state index contributed by atoms with van der Waals surface area (Å²) in [6.45, 7) is 6.59. The van der Waals surface area contributed by atoms with E-state index in [0.717, 1.165) is 49.7 Å². The van der Waals surface area contributed by atoms with Gasteiger partial charge in [-0.05, 0) is 60.5 Å². The van der Waals surface area contributed by atoms with Crippen molar-refractivity contribution in [3.63, 3.8) is 0 Å². The summed E-state index contributed by atoms with van der Waals surface area (Å²) in [5.74, 6) is 0.148. The number of hydrogen-bond donors (Lipinski definition) is 2. The molecule has 2 amide bonds. The third-order valence-electron chi connectivity index (χ3n) is 6.42. The normalized spacial score (nSPS) is 14.8. The van der Waals surface area contributed by atoms with E-state index >= 15 is 0 Å². The molecule has 37 heavy (non-hydrogen) atoms. The Kier molecular flexibility index (Phi) is 8.94. The number of anilines is 2. The van der Waals surface area contributed by atoms with Crippen molar-refractivity contribution in [1.82, 2.24) is 10.2 Å². The number of piperazine rings is 1. The maximum Gasteiger partial charge on any atom is 0.246 e. The van der Waals surface area contributed by atoms with Crippen LogP contribution in [0.3, 0.4) is 0 Å². The number of rotatable bonds is 9. The van der Waals surface area contributed by atoms with Crippen molar-refractivity contribution in [2.24, 2.45) is 0 Å². The Hall–Kier alpha value is -4.10. The van der Waals surface area contributed by atoms with Crippen LogP contribution >= 0.6 is 0 Å². The molecule has 1 heterocycles. The van der Waals surface area contributed by atoms with Gasteiger partial charge < -0.3 is 20.3 Å². The average molecular weight is 499 g/mol. The van der Waals surface area contributed by atoms with Crippen LogP contribution < -0.4 is 20.3 Å². The van der Waals surface area contributed by atoms with Gasteiger partial charge >= 0.3 is 0 Å². The van der Waals surface area contributed by atoms with Crippen LogP contribution in [0.5, 0.6) is 5.75 Å². The Balaban J connectivity index is 1.21. The zero-order valence-corrected chi connectivity index (χ0v) is 21.4. The topological polar surface area (TPSA) is 73.9 Å². The van der Waals surface area contributed by atoms with Gasteiger partial charge in [-0.2, -0.15) is 0 Å². The van der Waals surface area contributed by atoms with E-state index < -0.39 is 6.04 Å². The number of methoxy groups -OCH3 is 1. The highest BCUT2D eigenvalue weighted by molar-refractivity contribution is 5.99. The van der Waals surface area contributed by atoms with Gasteiger partial charge in [0.2, 0.25) is 11.8 Å². The Morgan fingerprint density at radius 2 is 1.59 bits per heavy atom. The lowest BCUT2D eigenvalue weighted by Gasteiger charge is -2.36. The second kappa shape index (κ2) is 12.7. The fraction of sp³-hybridized carbons (Fsp3) is 0.267. The number of carbonyl (C=O) groups excluding carboxylic acids is 2. The summed E-state index contributed by atoms with van der Waals surface area (Å²) in [7, 11) is 1.61. The number of carbonyl (C=O) groups is 2. The highest BCUT2D eigenvalue weighted by Crippen LogP contribution is 2.20. The first-order chi connectivity index (χ1) is 18.0. The highest BCUT2D eigenvalue weighted by atomic mass is 16.5. The van der Waals surface area contributed by atoms with Crippen LogP contribution in [0.2, 0.25) is 0 Å². The molecule has 1 atom stereocenters. The molecule has 3 aromatic rings. The molecule has 0 radical (unpaired) electrons. The van der Waals surface area contributed by atoms with E-state index in [-0.39, 0.29) is 11.8 Å². The molecule has 0 bridgehead atoms. The summed E-state index contributed by atoms with van der Waals surface area (Å²) in [6, 6.07) is 25.1. The number of amides is 2. The van der Waals surface area contributed by atoms with E-state index in [1.165, 1.54) is 11.6 Å². The molecule has 7 nitrogen and oxygen atoms in total. The third-order valence-corrected chi connectivity index (χ3v) is 6.42. The molecule has 1 fully saturated rings.